The van der Waals surface area contributed by atoms with Gasteiger partial charge in [0.05, 0.1) is 0 Å². The summed E-state index contributed by atoms with van der Waals surface area (Å²) in [4.78, 5) is 13.6. The van der Waals surface area contributed by atoms with Gasteiger partial charge in [-0.05, 0) is 38.0 Å². The van der Waals surface area contributed by atoms with Crippen molar-refractivity contribution < 1.29 is 0 Å². The molecule has 3 aromatic rings. The van der Waals surface area contributed by atoms with E-state index in [0.717, 1.165) is 17.7 Å². The Morgan fingerprint density at radius 3 is 2.36 bits per heavy atom. The minimum absolute atomic E-state index is 0.238. The van der Waals surface area contributed by atoms with E-state index >= 15 is 0 Å². The molecule has 3 rings (SSSR count). The minimum atomic E-state index is 0.238. The van der Waals surface area contributed by atoms with Crippen LogP contribution in [0.5, 0.6) is 0 Å². The maximum absolute atomic E-state index is 4.59. The van der Waals surface area contributed by atoms with Crippen molar-refractivity contribution in [3.8, 4) is 11.4 Å². The molecule has 0 bridgehead atoms. The van der Waals surface area contributed by atoms with Gasteiger partial charge in [0.25, 0.3) is 0 Å². The van der Waals surface area contributed by atoms with E-state index in [1.807, 2.05) is 42.5 Å². The summed E-state index contributed by atoms with van der Waals surface area (Å²) in [6.07, 6.45) is 0.988. The Balaban J connectivity index is 1.96. The lowest BCUT2D eigenvalue weighted by Crippen LogP contribution is -2.14. The standard InChI is InChI=1S/C20H23N5/c1-4-15-9-8-12-17(13-15)22-20-24-18(16-10-6-5-7-11-16)23-19(25-20)21-14(2)3/h5-14H,4H2,1-3H3,(H2,21,22,23,24,25). The van der Waals surface area contributed by atoms with Crippen LogP contribution in [0.1, 0.15) is 26.3 Å². The van der Waals surface area contributed by atoms with Gasteiger partial charge in [-0.2, -0.15) is 15.0 Å². The van der Waals surface area contributed by atoms with Gasteiger partial charge >= 0.3 is 0 Å². The van der Waals surface area contributed by atoms with Crippen LogP contribution in [-0.4, -0.2) is 21.0 Å². The minimum Gasteiger partial charge on any atom is -0.352 e. The molecule has 0 aliphatic heterocycles. The Kier molecular flexibility index (Phi) is 5.23. The summed E-state index contributed by atoms with van der Waals surface area (Å²) in [5.41, 5.74) is 3.20. The van der Waals surface area contributed by atoms with Crippen molar-refractivity contribution in [2.24, 2.45) is 0 Å². The molecule has 0 aliphatic carbocycles. The topological polar surface area (TPSA) is 62.7 Å². The second-order valence-corrected chi connectivity index (χ2v) is 6.15. The molecule has 0 atom stereocenters. The van der Waals surface area contributed by atoms with Gasteiger partial charge in [0.15, 0.2) is 5.82 Å². The number of anilines is 3. The number of aryl methyl sites for hydroxylation is 1. The molecule has 0 aliphatic rings. The summed E-state index contributed by atoms with van der Waals surface area (Å²) >= 11 is 0. The predicted molar refractivity (Wildman–Crippen MR) is 103 cm³/mol. The molecule has 0 radical (unpaired) electrons. The van der Waals surface area contributed by atoms with Gasteiger partial charge in [0, 0.05) is 17.3 Å². The number of rotatable bonds is 6. The highest BCUT2D eigenvalue weighted by atomic mass is 15.2. The first-order chi connectivity index (χ1) is 12.1. The Labute approximate surface area is 148 Å². The highest BCUT2D eigenvalue weighted by Gasteiger charge is 2.10. The monoisotopic (exact) mass is 333 g/mol. The van der Waals surface area contributed by atoms with Crippen molar-refractivity contribution in [3.63, 3.8) is 0 Å². The third-order valence-electron chi connectivity index (χ3n) is 3.68. The van der Waals surface area contributed by atoms with Crippen LogP contribution in [0, 0.1) is 0 Å². The number of nitrogens with one attached hydrogen (secondary N) is 2. The van der Waals surface area contributed by atoms with E-state index in [0.29, 0.717) is 17.7 Å². The van der Waals surface area contributed by atoms with Crippen LogP contribution in [0.4, 0.5) is 17.6 Å². The molecule has 5 heteroatoms. The van der Waals surface area contributed by atoms with E-state index in [2.05, 4.69) is 58.5 Å². The molecule has 25 heavy (non-hydrogen) atoms. The number of benzene rings is 2. The van der Waals surface area contributed by atoms with Crippen LogP contribution in [0.15, 0.2) is 54.6 Å². The van der Waals surface area contributed by atoms with Gasteiger partial charge in [-0.1, -0.05) is 49.4 Å². The zero-order valence-corrected chi connectivity index (χ0v) is 14.8. The molecule has 0 unspecified atom stereocenters. The molecule has 0 amide bonds. The number of aromatic nitrogens is 3. The highest BCUT2D eigenvalue weighted by Crippen LogP contribution is 2.21. The molecule has 1 heterocycles. The van der Waals surface area contributed by atoms with E-state index < -0.39 is 0 Å². The summed E-state index contributed by atoms with van der Waals surface area (Å²) in [6.45, 7) is 6.26. The predicted octanol–water partition coefficient (Wildman–Crippen LogP) is 4.66. The Bertz CT molecular complexity index is 830. The summed E-state index contributed by atoms with van der Waals surface area (Å²) in [6, 6.07) is 18.4. The zero-order valence-electron chi connectivity index (χ0n) is 14.8. The van der Waals surface area contributed by atoms with Gasteiger partial charge in [-0.25, -0.2) is 0 Å². The van der Waals surface area contributed by atoms with Crippen molar-refractivity contribution in [1.82, 2.24) is 15.0 Å². The molecule has 0 spiro atoms. The van der Waals surface area contributed by atoms with Crippen molar-refractivity contribution in [3.05, 3.63) is 60.2 Å². The third-order valence-corrected chi connectivity index (χ3v) is 3.68. The first-order valence-electron chi connectivity index (χ1n) is 8.58. The Hall–Kier alpha value is -2.95. The molecule has 2 N–H and O–H groups in total. The van der Waals surface area contributed by atoms with Crippen molar-refractivity contribution >= 4 is 17.6 Å². The molecule has 0 fully saturated rings. The van der Waals surface area contributed by atoms with E-state index in [9.17, 15) is 0 Å². The van der Waals surface area contributed by atoms with Gasteiger partial charge in [0.2, 0.25) is 11.9 Å². The molecule has 1 aromatic heterocycles. The van der Waals surface area contributed by atoms with Crippen molar-refractivity contribution in [2.75, 3.05) is 10.6 Å². The largest absolute Gasteiger partial charge is 0.352 e. The smallest absolute Gasteiger partial charge is 0.232 e. The molecule has 0 saturated carbocycles. The normalized spacial score (nSPS) is 10.7. The fourth-order valence-corrected chi connectivity index (χ4v) is 2.47. The third kappa shape index (κ3) is 4.53. The maximum Gasteiger partial charge on any atom is 0.232 e. The second-order valence-electron chi connectivity index (χ2n) is 6.15. The van der Waals surface area contributed by atoms with Crippen LogP contribution in [0.3, 0.4) is 0 Å². The van der Waals surface area contributed by atoms with E-state index in [4.69, 9.17) is 0 Å². The van der Waals surface area contributed by atoms with Crippen LogP contribution in [0.25, 0.3) is 11.4 Å². The highest BCUT2D eigenvalue weighted by molar-refractivity contribution is 5.61. The van der Waals surface area contributed by atoms with Crippen LogP contribution in [0.2, 0.25) is 0 Å². The fourth-order valence-electron chi connectivity index (χ4n) is 2.47. The van der Waals surface area contributed by atoms with Crippen molar-refractivity contribution in [2.45, 2.75) is 33.2 Å². The first kappa shape index (κ1) is 16.9. The first-order valence-corrected chi connectivity index (χ1v) is 8.58. The molecule has 128 valence electrons. The Morgan fingerprint density at radius 2 is 1.64 bits per heavy atom. The summed E-state index contributed by atoms with van der Waals surface area (Å²) < 4.78 is 0. The number of nitrogens with zero attached hydrogens (tertiary/aromatic N) is 3. The SMILES string of the molecule is CCc1cccc(Nc2nc(NC(C)C)nc(-c3ccccc3)n2)c1. The molecule has 0 saturated heterocycles. The van der Waals surface area contributed by atoms with Crippen LogP contribution >= 0.6 is 0 Å². The summed E-state index contributed by atoms with van der Waals surface area (Å²) in [7, 11) is 0. The van der Waals surface area contributed by atoms with Gasteiger partial charge in [0.1, 0.15) is 0 Å². The van der Waals surface area contributed by atoms with Crippen molar-refractivity contribution in [1.29, 1.82) is 0 Å². The number of hydrogen-bond donors (Lipinski definition) is 2. The molecular weight excluding hydrogens is 310 g/mol. The molecule has 2 aromatic carbocycles. The van der Waals surface area contributed by atoms with Gasteiger partial charge < -0.3 is 10.6 Å². The average molecular weight is 333 g/mol. The van der Waals surface area contributed by atoms with E-state index in [1.54, 1.807) is 0 Å². The fraction of sp³-hybridized carbons (Fsp3) is 0.250. The Morgan fingerprint density at radius 1 is 0.880 bits per heavy atom. The summed E-state index contributed by atoms with van der Waals surface area (Å²) in [5, 5.41) is 6.56. The van der Waals surface area contributed by atoms with Crippen LogP contribution < -0.4 is 10.6 Å². The van der Waals surface area contributed by atoms with E-state index in [-0.39, 0.29) is 6.04 Å². The van der Waals surface area contributed by atoms with Crippen LogP contribution in [-0.2, 0) is 6.42 Å². The maximum atomic E-state index is 4.59. The lowest BCUT2D eigenvalue weighted by molar-refractivity contribution is 0.869. The summed E-state index contributed by atoms with van der Waals surface area (Å²) in [5.74, 6) is 1.75. The van der Waals surface area contributed by atoms with Gasteiger partial charge in [-0.15, -0.1) is 0 Å². The zero-order chi connectivity index (χ0) is 17.6. The molecular formula is C20H23N5. The van der Waals surface area contributed by atoms with E-state index in [1.165, 1.54) is 5.56 Å². The lowest BCUT2D eigenvalue weighted by atomic mass is 10.1. The average Bonchev–Trinajstić information content (AvgIpc) is 2.62. The second kappa shape index (κ2) is 7.75. The quantitative estimate of drug-likeness (QED) is 0.686. The van der Waals surface area contributed by atoms with Gasteiger partial charge in [-0.3, -0.25) is 0 Å². The lowest BCUT2D eigenvalue weighted by Gasteiger charge is -2.12. The number of hydrogen-bond acceptors (Lipinski definition) is 5. The molecule has 5 nitrogen and oxygen atoms in total.